The van der Waals surface area contributed by atoms with Crippen molar-refractivity contribution in [2.24, 2.45) is 0 Å². The molecule has 1 saturated heterocycles. The maximum atomic E-state index is 12.9. The zero-order chi connectivity index (χ0) is 13.2. The number of ether oxygens (including phenoxy) is 1. The minimum Gasteiger partial charge on any atom is -0.394 e. The lowest BCUT2D eigenvalue weighted by Crippen LogP contribution is -2.48. The Morgan fingerprint density at radius 2 is 2.06 bits per heavy atom. The van der Waals surface area contributed by atoms with E-state index in [0.717, 1.165) is 6.07 Å². The Bertz CT molecular complexity index is 409. The van der Waals surface area contributed by atoms with Gasteiger partial charge in [0.25, 0.3) is 0 Å². The highest BCUT2D eigenvalue weighted by molar-refractivity contribution is 5.56. The lowest BCUT2D eigenvalue weighted by Gasteiger charge is -2.37. The Balaban J connectivity index is 2.37. The molecular weight excluding hydrogens is 247 g/mol. The summed E-state index contributed by atoms with van der Waals surface area (Å²) < 4.78 is 43.9. The Morgan fingerprint density at radius 3 is 2.72 bits per heavy atom. The summed E-state index contributed by atoms with van der Waals surface area (Å²) in [5, 5.41) is 9.21. The standard InChI is InChI=1S/C12H14F3NO2/c13-12(14,15)10-3-1-2-4-11(10)16-5-6-18-8-9(16)7-17/h1-4,9,17H,5-8H2. The van der Waals surface area contributed by atoms with Gasteiger partial charge in [-0.05, 0) is 12.1 Å². The van der Waals surface area contributed by atoms with E-state index < -0.39 is 17.8 Å². The number of alkyl halides is 3. The van der Waals surface area contributed by atoms with Crippen LogP contribution in [0.1, 0.15) is 5.56 Å². The predicted octanol–water partition coefficient (Wildman–Crippen LogP) is 1.90. The molecule has 1 N–H and O–H groups in total. The maximum absolute atomic E-state index is 12.9. The van der Waals surface area contributed by atoms with Crippen LogP contribution in [0, 0.1) is 0 Å². The second-order valence-electron chi connectivity index (χ2n) is 4.12. The molecule has 0 bridgehead atoms. The number of rotatable bonds is 2. The lowest BCUT2D eigenvalue weighted by molar-refractivity contribution is -0.137. The third kappa shape index (κ3) is 2.59. The summed E-state index contributed by atoms with van der Waals surface area (Å²) in [7, 11) is 0. The SMILES string of the molecule is OCC1COCCN1c1ccccc1C(F)(F)F. The molecule has 1 heterocycles. The Labute approximate surface area is 103 Å². The first kappa shape index (κ1) is 13.2. The molecule has 1 fully saturated rings. The van der Waals surface area contributed by atoms with Crippen molar-refractivity contribution in [3.05, 3.63) is 29.8 Å². The number of aliphatic hydroxyl groups is 1. The summed E-state index contributed by atoms with van der Waals surface area (Å²) in [5.74, 6) is 0. The van der Waals surface area contributed by atoms with Gasteiger partial charge < -0.3 is 14.7 Å². The minimum atomic E-state index is -4.39. The highest BCUT2D eigenvalue weighted by Gasteiger charge is 2.36. The van der Waals surface area contributed by atoms with E-state index in [4.69, 9.17) is 4.74 Å². The second-order valence-corrected chi connectivity index (χ2v) is 4.12. The molecule has 100 valence electrons. The van der Waals surface area contributed by atoms with E-state index in [0.29, 0.717) is 13.2 Å². The predicted molar refractivity (Wildman–Crippen MR) is 60.5 cm³/mol. The fraction of sp³-hybridized carbons (Fsp3) is 0.500. The van der Waals surface area contributed by atoms with Crippen LogP contribution < -0.4 is 4.90 Å². The average molecular weight is 261 g/mol. The van der Waals surface area contributed by atoms with Crippen LogP contribution in [0.4, 0.5) is 18.9 Å². The first-order chi connectivity index (χ1) is 8.54. The first-order valence-corrected chi connectivity index (χ1v) is 5.65. The van der Waals surface area contributed by atoms with Gasteiger partial charge in [-0.25, -0.2) is 0 Å². The molecule has 0 radical (unpaired) electrons. The van der Waals surface area contributed by atoms with Crippen LogP contribution in [0.5, 0.6) is 0 Å². The fourth-order valence-electron chi connectivity index (χ4n) is 2.09. The fourth-order valence-corrected chi connectivity index (χ4v) is 2.09. The number of anilines is 1. The van der Waals surface area contributed by atoms with Gasteiger partial charge in [0.2, 0.25) is 0 Å². The maximum Gasteiger partial charge on any atom is 0.418 e. The van der Waals surface area contributed by atoms with Crippen molar-refractivity contribution in [2.45, 2.75) is 12.2 Å². The number of nitrogens with zero attached hydrogens (tertiary/aromatic N) is 1. The molecule has 6 heteroatoms. The number of para-hydroxylation sites is 1. The van der Waals surface area contributed by atoms with Crippen molar-refractivity contribution >= 4 is 5.69 Å². The molecule has 1 aliphatic rings. The van der Waals surface area contributed by atoms with Gasteiger partial charge in [0, 0.05) is 12.2 Å². The minimum absolute atomic E-state index is 0.104. The Hall–Kier alpha value is -1.27. The van der Waals surface area contributed by atoms with E-state index >= 15 is 0 Å². The summed E-state index contributed by atoms with van der Waals surface area (Å²) in [6, 6.07) is 4.98. The molecule has 0 spiro atoms. The van der Waals surface area contributed by atoms with E-state index in [2.05, 4.69) is 0 Å². The van der Waals surface area contributed by atoms with Crippen LogP contribution in [0.25, 0.3) is 0 Å². The summed E-state index contributed by atoms with van der Waals surface area (Å²) in [6.45, 7) is 0.718. The summed E-state index contributed by atoms with van der Waals surface area (Å²) in [5.41, 5.74) is -0.572. The van der Waals surface area contributed by atoms with Crippen molar-refractivity contribution < 1.29 is 23.0 Å². The van der Waals surface area contributed by atoms with Gasteiger partial charge in [0.05, 0.1) is 31.4 Å². The van der Waals surface area contributed by atoms with Crippen molar-refractivity contribution in [1.29, 1.82) is 0 Å². The molecule has 0 aliphatic carbocycles. The molecule has 0 amide bonds. The molecule has 1 atom stereocenters. The second kappa shape index (κ2) is 5.16. The number of benzene rings is 1. The van der Waals surface area contributed by atoms with Crippen LogP contribution >= 0.6 is 0 Å². The molecule has 0 saturated carbocycles. The third-order valence-electron chi connectivity index (χ3n) is 2.96. The van der Waals surface area contributed by atoms with Crippen LogP contribution in [0.3, 0.4) is 0 Å². The van der Waals surface area contributed by atoms with Crippen molar-refractivity contribution in [2.75, 3.05) is 31.3 Å². The number of halogens is 3. The van der Waals surface area contributed by atoms with Gasteiger partial charge in [-0.2, -0.15) is 13.2 Å². The summed E-state index contributed by atoms with van der Waals surface area (Å²) in [6.07, 6.45) is -4.39. The molecular formula is C12H14F3NO2. The molecule has 1 aromatic carbocycles. The smallest absolute Gasteiger partial charge is 0.394 e. The van der Waals surface area contributed by atoms with E-state index in [1.54, 1.807) is 11.0 Å². The highest BCUT2D eigenvalue weighted by Crippen LogP contribution is 2.37. The van der Waals surface area contributed by atoms with E-state index in [1.807, 2.05) is 0 Å². The molecule has 1 aromatic rings. The number of hydrogen-bond acceptors (Lipinski definition) is 3. The average Bonchev–Trinajstić information content (AvgIpc) is 2.37. The largest absolute Gasteiger partial charge is 0.418 e. The topological polar surface area (TPSA) is 32.7 Å². The lowest BCUT2D eigenvalue weighted by atomic mass is 10.1. The van der Waals surface area contributed by atoms with Crippen molar-refractivity contribution in [3.8, 4) is 0 Å². The summed E-state index contributed by atoms with van der Waals surface area (Å²) in [4.78, 5) is 1.56. The normalized spacial score (nSPS) is 21.1. The molecule has 3 nitrogen and oxygen atoms in total. The third-order valence-corrected chi connectivity index (χ3v) is 2.96. The number of aliphatic hydroxyl groups excluding tert-OH is 1. The molecule has 1 aliphatic heterocycles. The first-order valence-electron chi connectivity index (χ1n) is 5.65. The Morgan fingerprint density at radius 1 is 1.33 bits per heavy atom. The van der Waals surface area contributed by atoms with Crippen LogP contribution in [0.15, 0.2) is 24.3 Å². The van der Waals surface area contributed by atoms with Crippen molar-refractivity contribution in [1.82, 2.24) is 0 Å². The van der Waals surface area contributed by atoms with E-state index in [9.17, 15) is 18.3 Å². The van der Waals surface area contributed by atoms with Crippen LogP contribution in [0.2, 0.25) is 0 Å². The number of morpholine rings is 1. The van der Waals surface area contributed by atoms with E-state index in [1.165, 1.54) is 12.1 Å². The molecule has 18 heavy (non-hydrogen) atoms. The monoisotopic (exact) mass is 261 g/mol. The quantitative estimate of drug-likeness (QED) is 0.882. The van der Waals surface area contributed by atoms with Crippen molar-refractivity contribution in [3.63, 3.8) is 0 Å². The Kier molecular flexibility index (Phi) is 3.77. The zero-order valence-electron chi connectivity index (χ0n) is 9.65. The zero-order valence-corrected chi connectivity index (χ0v) is 9.65. The molecule has 0 aromatic heterocycles. The van der Waals surface area contributed by atoms with Gasteiger partial charge in [-0.15, -0.1) is 0 Å². The van der Waals surface area contributed by atoms with Crippen LogP contribution in [-0.4, -0.2) is 37.5 Å². The van der Waals surface area contributed by atoms with E-state index in [-0.39, 0.29) is 18.9 Å². The van der Waals surface area contributed by atoms with Gasteiger partial charge in [-0.1, -0.05) is 12.1 Å². The van der Waals surface area contributed by atoms with Gasteiger partial charge in [-0.3, -0.25) is 0 Å². The highest BCUT2D eigenvalue weighted by atomic mass is 19.4. The van der Waals surface area contributed by atoms with Gasteiger partial charge in [0.1, 0.15) is 0 Å². The summed E-state index contributed by atoms with van der Waals surface area (Å²) >= 11 is 0. The van der Waals surface area contributed by atoms with Gasteiger partial charge >= 0.3 is 6.18 Å². The molecule has 1 unspecified atom stereocenters. The molecule has 2 rings (SSSR count). The van der Waals surface area contributed by atoms with Gasteiger partial charge in [0.15, 0.2) is 0 Å². The van der Waals surface area contributed by atoms with Crippen LogP contribution in [-0.2, 0) is 10.9 Å². The number of hydrogen-bond donors (Lipinski definition) is 1.